The third-order valence-corrected chi connectivity index (χ3v) is 5.98. The molecule has 2 amide bonds. The maximum Gasteiger partial charge on any atom is 0.254 e. The molecular formula is C22H20N2O3S. The Morgan fingerprint density at radius 3 is 2.68 bits per heavy atom. The van der Waals surface area contributed by atoms with Crippen LogP contribution in [0.4, 0.5) is 5.69 Å². The second kappa shape index (κ2) is 7.48. The molecule has 5 nitrogen and oxygen atoms in total. The van der Waals surface area contributed by atoms with Crippen molar-refractivity contribution in [3.05, 3.63) is 82.0 Å². The lowest BCUT2D eigenvalue weighted by atomic mass is 9.81. The average molecular weight is 392 g/mol. The van der Waals surface area contributed by atoms with Gasteiger partial charge in [0.1, 0.15) is 5.75 Å². The van der Waals surface area contributed by atoms with E-state index < -0.39 is 5.92 Å². The van der Waals surface area contributed by atoms with Crippen LogP contribution >= 0.6 is 11.3 Å². The zero-order chi connectivity index (χ0) is 19.7. The lowest BCUT2D eigenvalue weighted by Crippen LogP contribution is -2.43. The fourth-order valence-electron chi connectivity index (χ4n) is 3.69. The van der Waals surface area contributed by atoms with Crippen LogP contribution in [-0.4, -0.2) is 30.9 Å². The van der Waals surface area contributed by atoms with Gasteiger partial charge in [-0.1, -0.05) is 30.3 Å². The molecule has 1 N–H and O–H groups in total. The summed E-state index contributed by atoms with van der Waals surface area (Å²) in [5, 5.41) is 4.97. The Hall–Kier alpha value is -3.12. The smallest absolute Gasteiger partial charge is 0.254 e. The number of carbonyl (C=O) groups is 2. The van der Waals surface area contributed by atoms with Crippen LogP contribution in [0.25, 0.3) is 0 Å². The van der Waals surface area contributed by atoms with Gasteiger partial charge in [0.15, 0.2) is 0 Å². The van der Waals surface area contributed by atoms with Crippen molar-refractivity contribution in [3.63, 3.8) is 0 Å². The number of carbonyl (C=O) groups excluding carboxylic acids is 2. The highest BCUT2D eigenvalue weighted by Gasteiger charge is 2.43. The fraction of sp³-hybridized carbons (Fsp3) is 0.182. The third kappa shape index (κ3) is 3.16. The number of thiophene rings is 1. The first kappa shape index (κ1) is 18.3. The van der Waals surface area contributed by atoms with E-state index in [1.165, 1.54) is 0 Å². The van der Waals surface area contributed by atoms with Gasteiger partial charge in [0.2, 0.25) is 5.91 Å². The molecule has 2 aromatic carbocycles. The Morgan fingerprint density at radius 1 is 1.11 bits per heavy atom. The minimum Gasteiger partial charge on any atom is -0.497 e. The van der Waals surface area contributed by atoms with Crippen molar-refractivity contribution in [2.24, 2.45) is 0 Å². The molecule has 0 fully saturated rings. The molecule has 1 aromatic heterocycles. The van der Waals surface area contributed by atoms with Crippen LogP contribution < -0.4 is 10.1 Å². The molecule has 2 heterocycles. The first-order valence-electron chi connectivity index (χ1n) is 8.94. The molecule has 0 unspecified atom stereocenters. The minimum absolute atomic E-state index is 0.0700. The highest BCUT2D eigenvalue weighted by atomic mass is 32.1. The molecule has 1 aliphatic heterocycles. The molecule has 0 bridgehead atoms. The molecule has 28 heavy (non-hydrogen) atoms. The van der Waals surface area contributed by atoms with Gasteiger partial charge in [-0.15, -0.1) is 11.3 Å². The molecule has 0 spiro atoms. The Kier molecular flexibility index (Phi) is 4.88. The standard InChI is InChI=1S/C22H20N2O3S/c1-24-20(18-11-6-12-28-18)19(16-9-3-4-10-17(16)22(24)26)21(25)23-14-7-5-8-15(13-14)27-2/h3-13,19-20H,1-2H3,(H,23,25)/t19-,20+/m0/s1. The molecule has 1 aliphatic rings. The van der Waals surface area contributed by atoms with Crippen LogP contribution in [0.1, 0.15) is 32.8 Å². The van der Waals surface area contributed by atoms with Crippen molar-refractivity contribution < 1.29 is 14.3 Å². The predicted octanol–water partition coefficient (Wildman–Crippen LogP) is 4.31. The number of nitrogens with one attached hydrogen (secondary N) is 1. The van der Waals surface area contributed by atoms with Crippen molar-refractivity contribution in [2.75, 3.05) is 19.5 Å². The van der Waals surface area contributed by atoms with E-state index in [1.807, 2.05) is 53.9 Å². The highest BCUT2D eigenvalue weighted by molar-refractivity contribution is 7.10. The van der Waals surface area contributed by atoms with E-state index >= 15 is 0 Å². The lowest BCUT2D eigenvalue weighted by molar-refractivity contribution is -0.119. The fourth-order valence-corrected chi connectivity index (χ4v) is 4.60. The van der Waals surface area contributed by atoms with E-state index in [1.54, 1.807) is 42.5 Å². The number of rotatable bonds is 4. The SMILES string of the molecule is COc1cccc(NC(=O)[C@H]2c3ccccc3C(=O)N(C)[C@@H]2c2cccs2)c1. The Morgan fingerprint density at radius 2 is 1.93 bits per heavy atom. The number of nitrogens with zero attached hydrogens (tertiary/aromatic N) is 1. The lowest BCUT2D eigenvalue weighted by Gasteiger charge is -2.39. The topological polar surface area (TPSA) is 58.6 Å². The molecule has 3 aromatic rings. The molecule has 4 rings (SSSR count). The monoisotopic (exact) mass is 392 g/mol. The van der Waals surface area contributed by atoms with Crippen LogP contribution in [0, 0.1) is 0 Å². The van der Waals surface area contributed by atoms with Crippen molar-refractivity contribution in [1.82, 2.24) is 4.90 Å². The second-order valence-corrected chi connectivity index (χ2v) is 7.64. The summed E-state index contributed by atoms with van der Waals surface area (Å²) >= 11 is 1.55. The van der Waals surface area contributed by atoms with Gasteiger partial charge in [-0.2, -0.15) is 0 Å². The normalized spacial score (nSPS) is 18.5. The number of hydrogen-bond donors (Lipinski definition) is 1. The largest absolute Gasteiger partial charge is 0.497 e. The van der Waals surface area contributed by atoms with Gasteiger partial charge in [0, 0.05) is 29.2 Å². The highest BCUT2D eigenvalue weighted by Crippen LogP contribution is 2.43. The van der Waals surface area contributed by atoms with Gasteiger partial charge < -0.3 is 15.0 Å². The molecule has 0 aliphatic carbocycles. The molecule has 0 saturated heterocycles. The van der Waals surface area contributed by atoms with Crippen LogP contribution in [0.5, 0.6) is 5.75 Å². The van der Waals surface area contributed by atoms with Crippen LogP contribution in [0.3, 0.4) is 0 Å². The van der Waals surface area contributed by atoms with Crippen molar-refractivity contribution in [2.45, 2.75) is 12.0 Å². The maximum absolute atomic E-state index is 13.4. The van der Waals surface area contributed by atoms with E-state index in [0.29, 0.717) is 17.0 Å². The van der Waals surface area contributed by atoms with E-state index in [2.05, 4.69) is 5.32 Å². The summed E-state index contributed by atoms with van der Waals surface area (Å²) in [6.45, 7) is 0. The van der Waals surface area contributed by atoms with Gasteiger partial charge in [0.05, 0.1) is 19.1 Å². The predicted molar refractivity (Wildman–Crippen MR) is 110 cm³/mol. The number of fused-ring (bicyclic) bond motifs is 1. The summed E-state index contributed by atoms with van der Waals surface area (Å²) in [6, 6.07) is 18.2. The van der Waals surface area contributed by atoms with E-state index in [4.69, 9.17) is 4.74 Å². The first-order valence-corrected chi connectivity index (χ1v) is 9.82. The zero-order valence-electron chi connectivity index (χ0n) is 15.6. The number of ether oxygens (including phenoxy) is 1. The first-order chi connectivity index (χ1) is 13.6. The van der Waals surface area contributed by atoms with Crippen LogP contribution in [0.2, 0.25) is 0 Å². The van der Waals surface area contributed by atoms with Gasteiger partial charge in [-0.3, -0.25) is 9.59 Å². The van der Waals surface area contributed by atoms with Gasteiger partial charge in [-0.25, -0.2) is 0 Å². The summed E-state index contributed by atoms with van der Waals surface area (Å²) < 4.78 is 5.25. The van der Waals surface area contributed by atoms with Crippen molar-refractivity contribution in [3.8, 4) is 5.75 Å². The molecule has 0 radical (unpaired) electrons. The Bertz CT molecular complexity index is 1020. The summed E-state index contributed by atoms with van der Waals surface area (Å²) in [6.07, 6.45) is 0. The maximum atomic E-state index is 13.4. The number of benzene rings is 2. The zero-order valence-corrected chi connectivity index (χ0v) is 16.4. The number of hydrogen-bond acceptors (Lipinski definition) is 4. The van der Waals surface area contributed by atoms with E-state index in [-0.39, 0.29) is 17.9 Å². The molecule has 6 heteroatoms. The number of methoxy groups -OCH3 is 1. The third-order valence-electron chi connectivity index (χ3n) is 5.03. The number of amides is 2. The minimum atomic E-state index is -0.510. The van der Waals surface area contributed by atoms with Gasteiger partial charge >= 0.3 is 0 Å². The molecular weight excluding hydrogens is 372 g/mol. The quantitative estimate of drug-likeness (QED) is 0.720. The summed E-state index contributed by atoms with van der Waals surface area (Å²) in [7, 11) is 3.35. The van der Waals surface area contributed by atoms with Crippen molar-refractivity contribution >= 4 is 28.8 Å². The van der Waals surface area contributed by atoms with Crippen LogP contribution in [-0.2, 0) is 4.79 Å². The van der Waals surface area contributed by atoms with Crippen LogP contribution in [0.15, 0.2) is 66.0 Å². The summed E-state index contributed by atoms with van der Waals surface area (Å²) in [5.74, 6) is -0.0643. The second-order valence-electron chi connectivity index (χ2n) is 6.66. The Balaban J connectivity index is 1.77. The summed E-state index contributed by atoms with van der Waals surface area (Å²) in [5.41, 5.74) is 1.99. The number of anilines is 1. The molecule has 142 valence electrons. The van der Waals surface area contributed by atoms with Gasteiger partial charge in [0.25, 0.3) is 5.91 Å². The van der Waals surface area contributed by atoms with E-state index in [0.717, 1.165) is 10.4 Å². The number of likely N-dealkylation sites (N-methyl/N-ethyl adjacent to an activating group) is 1. The molecule has 2 atom stereocenters. The van der Waals surface area contributed by atoms with Crippen molar-refractivity contribution in [1.29, 1.82) is 0 Å². The summed E-state index contributed by atoms with van der Waals surface area (Å²) in [4.78, 5) is 29.0. The molecule has 0 saturated carbocycles. The van der Waals surface area contributed by atoms with E-state index in [9.17, 15) is 9.59 Å². The van der Waals surface area contributed by atoms with Gasteiger partial charge in [-0.05, 0) is 35.2 Å². The average Bonchev–Trinajstić information content (AvgIpc) is 3.25. The Labute approximate surface area is 167 Å².